The maximum absolute atomic E-state index is 5.85. The van der Waals surface area contributed by atoms with Gasteiger partial charge in [-0.3, -0.25) is 0 Å². The van der Waals surface area contributed by atoms with Crippen molar-refractivity contribution < 1.29 is 0 Å². The average molecular weight is 241 g/mol. The number of nitrogens with one attached hydrogen (secondary N) is 1. The summed E-state index contributed by atoms with van der Waals surface area (Å²) in [4.78, 5) is 10.4. The van der Waals surface area contributed by atoms with Crippen LogP contribution in [0.25, 0.3) is 0 Å². The van der Waals surface area contributed by atoms with Crippen LogP contribution in [0.3, 0.4) is 0 Å². The van der Waals surface area contributed by atoms with Gasteiger partial charge in [0.05, 0.1) is 0 Å². The van der Waals surface area contributed by atoms with E-state index in [4.69, 9.17) is 11.6 Å². The third-order valence-electron chi connectivity index (χ3n) is 2.86. The molecule has 1 aliphatic rings. The summed E-state index contributed by atoms with van der Waals surface area (Å²) in [5.74, 6) is 0.895. The molecule has 1 aromatic heterocycles. The van der Waals surface area contributed by atoms with Crippen LogP contribution in [0.1, 0.15) is 18.5 Å². The van der Waals surface area contributed by atoms with Gasteiger partial charge in [-0.05, 0) is 37.9 Å². The monoisotopic (exact) mass is 240 g/mol. The molecule has 2 rings (SSSR count). The lowest BCUT2D eigenvalue weighted by molar-refractivity contribution is 0.597. The van der Waals surface area contributed by atoms with Crippen LogP contribution in [0.5, 0.6) is 0 Å². The molecule has 88 valence electrons. The lowest BCUT2D eigenvalue weighted by Crippen LogP contribution is -2.35. The van der Waals surface area contributed by atoms with Crippen molar-refractivity contribution in [3.8, 4) is 0 Å². The highest BCUT2D eigenvalue weighted by atomic mass is 35.5. The number of likely N-dealkylation sites (N-methyl/N-ethyl adjacent to an activating group) is 1. The lowest BCUT2D eigenvalue weighted by atomic mass is 10.2. The molecule has 0 aliphatic carbocycles. The highest BCUT2D eigenvalue weighted by Gasteiger charge is 2.17. The minimum absolute atomic E-state index is 0.321. The second kappa shape index (κ2) is 4.97. The second-order valence-corrected chi connectivity index (χ2v) is 4.65. The Morgan fingerprint density at radius 2 is 2.38 bits per heavy atom. The Balaban J connectivity index is 2.04. The van der Waals surface area contributed by atoms with Crippen molar-refractivity contribution >= 4 is 17.4 Å². The molecular formula is C11H17ClN4. The topological polar surface area (TPSA) is 41.0 Å². The molecule has 4 nitrogen and oxygen atoms in total. The highest BCUT2D eigenvalue weighted by Crippen LogP contribution is 2.15. The molecule has 0 bridgehead atoms. The zero-order chi connectivity index (χ0) is 11.5. The van der Waals surface area contributed by atoms with Crippen molar-refractivity contribution in [2.24, 2.45) is 0 Å². The van der Waals surface area contributed by atoms with Gasteiger partial charge in [-0.15, -0.1) is 0 Å². The number of halogens is 1. The zero-order valence-electron chi connectivity index (χ0n) is 9.70. The third kappa shape index (κ3) is 2.83. The van der Waals surface area contributed by atoms with Crippen LogP contribution in [0.2, 0.25) is 5.28 Å². The fraction of sp³-hybridized carbons (Fsp3) is 0.636. The molecule has 1 N–H and O–H groups in total. The quantitative estimate of drug-likeness (QED) is 0.816. The molecule has 0 unspecified atom stereocenters. The van der Waals surface area contributed by atoms with Crippen molar-refractivity contribution in [2.45, 2.75) is 25.8 Å². The van der Waals surface area contributed by atoms with Gasteiger partial charge in [-0.25, -0.2) is 9.97 Å². The molecule has 0 amide bonds. The first-order valence-corrected chi connectivity index (χ1v) is 5.98. The summed E-state index contributed by atoms with van der Waals surface area (Å²) in [5, 5.41) is 3.79. The van der Waals surface area contributed by atoms with Gasteiger partial charge in [0.15, 0.2) is 0 Å². The van der Waals surface area contributed by atoms with Gasteiger partial charge in [0.25, 0.3) is 0 Å². The van der Waals surface area contributed by atoms with E-state index < -0.39 is 0 Å². The average Bonchev–Trinajstić information content (AvgIpc) is 2.68. The predicted molar refractivity (Wildman–Crippen MR) is 66.1 cm³/mol. The Morgan fingerprint density at radius 3 is 3.00 bits per heavy atom. The van der Waals surface area contributed by atoms with Crippen LogP contribution in [0.15, 0.2) is 6.07 Å². The van der Waals surface area contributed by atoms with Crippen molar-refractivity contribution in [3.05, 3.63) is 17.0 Å². The van der Waals surface area contributed by atoms with Crippen LogP contribution < -0.4 is 10.2 Å². The van der Waals surface area contributed by atoms with E-state index >= 15 is 0 Å². The first kappa shape index (κ1) is 11.6. The molecule has 0 saturated carbocycles. The van der Waals surface area contributed by atoms with Crippen molar-refractivity contribution in [1.29, 1.82) is 0 Å². The first-order chi connectivity index (χ1) is 7.65. The SMILES string of the molecule is Cc1cc(N(C)C[C@H]2CCCN2)nc(Cl)n1. The number of aryl methyl sites for hydroxylation is 1. The third-order valence-corrected chi connectivity index (χ3v) is 3.03. The maximum Gasteiger partial charge on any atom is 0.224 e. The predicted octanol–water partition coefficient (Wildman–Crippen LogP) is 1.63. The summed E-state index contributed by atoms with van der Waals surface area (Å²) >= 11 is 5.85. The smallest absolute Gasteiger partial charge is 0.224 e. The lowest BCUT2D eigenvalue weighted by Gasteiger charge is -2.22. The number of hydrogen-bond acceptors (Lipinski definition) is 4. The van der Waals surface area contributed by atoms with Crippen LogP contribution in [0.4, 0.5) is 5.82 Å². The molecular weight excluding hydrogens is 224 g/mol. The summed E-state index contributed by atoms with van der Waals surface area (Å²) in [6.45, 7) is 4.02. The number of aromatic nitrogens is 2. The summed E-state index contributed by atoms with van der Waals surface area (Å²) in [6.07, 6.45) is 2.50. The van der Waals surface area contributed by atoms with Crippen molar-refractivity contribution in [2.75, 3.05) is 25.0 Å². The number of hydrogen-bond donors (Lipinski definition) is 1. The molecule has 1 saturated heterocycles. The fourth-order valence-electron chi connectivity index (χ4n) is 2.05. The molecule has 0 radical (unpaired) electrons. The number of rotatable bonds is 3. The zero-order valence-corrected chi connectivity index (χ0v) is 10.5. The Labute approximate surface area is 101 Å². The van der Waals surface area contributed by atoms with Gasteiger partial charge in [-0.2, -0.15) is 0 Å². The maximum atomic E-state index is 5.85. The van der Waals surface area contributed by atoms with E-state index in [9.17, 15) is 0 Å². The van der Waals surface area contributed by atoms with Crippen molar-refractivity contribution in [3.63, 3.8) is 0 Å². The molecule has 2 heterocycles. The van der Waals surface area contributed by atoms with E-state index in [1.165, 1.54) is 12.8 Å². The minimum atomic E-state index is 0.321. The Hall–Kier alpha value is -0.870. The minimum Gasteiger partial charge on any atom is -0.358 e. The molecule has 16 heavy (non-hydrogen) atoms. The first-order valence-electron chi connectivity index (χ1n) is 5.61. The molecule has 1 fully saturated rings. The Morgan fingerprint density at radius 1 is 1.56 bits per heavy atom. The molecule has 1 aromatic rings. The van der Waals surface area contributed by atoms with Gasteiger partial charge in [-0.1, -0.05) is 0 Å². The largest absolute Gasteiger partial charge is 0.358 e. The van der Waals surface area contributed by atoms with Gasteiger partial charge < -0.3 is 10.2 Å². The number of nitrogens with zero attached hydrogens (tertiary/aromatic N) is 3. The van der Waals surface area contributed by atoms with E-state index in [0.29, 0.717) is 11.3 Å². The van der Waals surface area contributed by atoms with Crippen LogP contribution in [0, 0.1) is 6.92 Å². The van der Waals surface area contributed by atoms with E-state index in [-0.39, 0.29) is 0 Å². The molecule has 0 spiro atoms. The molecule has 5 heteroatoms. The van der Waals surface area contributed by atoms with Crippen LogP contribution >= 0.6 is 11.6 Å². The Kier molecular flexibility index (Phi) is 3.61. The number of anilines is 1. The normalized spacial score (nSPS) is 20.1. The summed E-state index contributed by atoms with van der Waals surface area (Å²) in [7, 11) is 2.04. The van der Waals surface area contributed by atoms with Gasteiger partial charge in [0.1, 0.15) is 5.82 Å². The summed E-state index contributed by atoms with van der Waals surface area (Å²) < 4.78 is 0. The molecule has 0 aromatic carbocycles. The van der Waals surface area contributed by atoms with Gasteiger partial charge >= 0.3 is 0 Å². The van der Waals surface area contributed by atoms with Crippen molar-refractivity contribution in [1.82, 2.24) is 15.3 Å². The van der Waals surface area contributed by atoms with Gasteiger partial charge in [0.2, 0.25) is 5.28 Å². The van der Waals surface area contributed by atoms with E-state index in [1.54, 1.807) is 0 Å². The van der Waals surface area contributed by atoms with E-state index in [0.717, 1.165) is 24.6 Å². The summed E-state index contributed by atoms with van der Waals surface area (Å²) in [5.41, 5.74) is 0.904. The summed E-state index contributed by atoms with van der Waals surface area (Å²) in [6, 6.07) is 2.53. The highest BCUT2D eigenvalue weighted by molar-refractivity contribution is 6.28. The Bertz CT molecular complexity index is 343. The van der Waals surface area contributed by atoms with Crippen LogP contribution in [-0.4, -0.2) is 36.1 Å². The van der Waals surface area contributed by atoms with Gasteiger partial charge in [0, 0.05) is 31.4 Å². The van der Waals surface area contributed by atoms with Crippen LogP contribution in [-0.2, 0) is 0 Å². The van der Waals surface area contributed by atoms with E-state index in [1.807, 2.05) is 20.0 Å². The molecule has 1 aliphatic heterocycles. The second-order valence-electron chi connectivity index (χ2n) is 4.31. The fourth-order valence-corrected chi connectivity index (χ4v) is 2.27. The standard InChI is InChI=1S/C11H17ClN4/c1-8-6-10(15-11(12)14-8)16(2)7-9-4-3-5-13-9/h6,9,13H,3-5,7H2,1-2H3/t9-/m1/s1. The molecule has 1 atom stereocenters. The van der Waals surface area contributed by atoms with E-state index in [2.05, 4.69) is 20.2 Å².